The number of aromatic nitrogens is 1. The summed E-state index contributed by atoms with van der Waals surface area (Å²) in [7, 11) is 0. The summed E-state index contributed by atoms with van der Waals surface area (Å²) < 4.78 is 2.27. The topological polar surface area (TPSA) is 33.2 Å². The van der Waals surface area contributed by atoms with E-state index in [-0.39, 0.29) is 11.9 Å². The van der Waals surface area contributed by atoms with Crippen LogP contribution in [0.3, 0.4) is 0 Å². The molecule has 1 unspecified atom stereocenters. The molecule has 0 aliphatic carbocycles. The minimum absolute atomic E-state index is 0.143. The monoisotopic (exact) mass is 414 g/mol. The standard InChI is InChI=1S/C20H19BrN2OS/c21-15-7-2-1-6-14(15)11-12-19(24)23-13-5-9-17(23)20-22-16-8-3-4-10-18(16)25-20/h1-4,6-8,10,17H,5,9,11-13H2. The van der Waals surface area contributed by atoms with Gasteiger partial charge in [-0.05, 0) is 43.0 Å². The van der Waals surface area contributed by atoms with Crippen LogP contribution in [0.4, 0.5) is 0 Å². The first-order chi connectivity index (χ1) is 12.2. The van der Waals surface area contributed by atoms with E-state index in [4.69, 9.17) is 4.98 Å². The van der Waals surface area contributed by atoms with Crippen LogP contribution in [0.15, 0.2) is 53.0 Å². The summed E-state index contributed by atoms with van der Waals surface area (Å²) in [5.74, 6) is 0.234. The normalized spacial score (nSPS) is 17.3. The Kier molecular flexibility index (Phi) is 4.86. The number of benzene rings is 2. The van der Waals surface area contributed by atoms with Crippen molar-refractivity contribution in [3.8, 4) is 0 Å². The fourth-order valence-electron chi connectivity index (χ4n) is 3.44. The first-order valence-electron chi connectivity index (χ1n) is 8.61. The number of aryl methyl sites for hydroxylation is 1. The van der Waals surface area contributed by atoms with Gasteiger partial charge in [0.2, 0.25) is 5.91 Å². The zero-order valence-electron chi connectivity index (χ0n) is 13.8. The summed E-state index contributed by atoms with van der Waals surface area (Å²) >= 11 is 5.28. The maximum atomic E-state index is 12.8. The van der Waals surface area contributed by atoms with Crippen molar-refractivity contribution in [1.29, 1.82) is 0 Å². The lowest BCUT2D eigenvalue weighted by atomic mass is 10.1. The molecule has 4 rings (SSSR count). The Morgan fingerprint density at radius 1 is 1.20 bits per heavy atom. The highest BCUT2D eigenvalue weighted by atomic mass is 79.9. The van der Waals surface area contributed by atoms with Crippen molar-refractivity contribution in [3.63, 3.8) is 0 Å². The Morgan fingerprint density at radius 2 is 2.00 bits per heavy atom. The number of amides is 1. The highest BCUT2D eigenvalue weighted by Gasteiger charge is 2.31. The molecule has 1 atom stereocenters. The van der Waals surface area contributed by atoms with E-state index in [1.807, 2.05) is 41.3 Å². The van der Waals surface area contributed by atoms with E-state index in [1.165, 1.54) is 10.3 Å². The van der Waals surface area contributed by atoms with Crippen molar-refractivity contribution >= 4 is 43.4 Å². The fraction of sp³-hybridized carbons (Fsp3) is 0.300. The van der Waals surface area contributed by atoms with E-state index in [0.29, 0.717) is 6.42 Å². The molecule has 128 valence electrons. The van der Waals surface area contributed by atoms with Crippen molar-refractivity contribution in [2.24, 2.45) is 0 Å². The average molecular weight is 415 g/mol. The Morgan fingerprint density at radius 3 is 2.84 bits per heavy atom. The van der Waals surface area contributed by atoms with Crippen molar-refractivity contribution < 1.29 is 4.79 Å². The van der Waals surface area contributed by atoms with Crippen LogP contribution in [0.1, 0.15) is 35.9 Å². The number of rotatable bonds is 4. The summed E-state index contributed by atoms with van der Waals surface area (Å²) in [4.78, 5) is 19.6. The lowest BCUT2D eigenvalue weighted by molar-refractivity contribution is -0.132. The second kappa shape index (κ2) is 7.26. The predicted molar refractivity (Wildman–Crippen MR) is 106 cm³/mol. The summed E-state index contributed by atoms with van der Waals surface area (Å²) in [6.07, 6.45) is 3.38. The molecule has 0 bridgehead atoms. The van der Waals surface area contributed by atoms with Gasteiger partial charge in [-0.15, -0.1) is 11.3 Å². The molecule has 25 heavy (non-hydrogen) atoms. The van der Waals surface area contributed by atoms with Crippen LogP contribution in [0, 0.1) is 0 Å². The van der Waals surface area contributed by atoms with Gasteiger partial charge in [0, 0.05) is 17.4 Å². The van der Waals surface area contributed by atoms with Crippen LogP contribution < -0.4 is 0 Å². The van der Waals surface area contributed by atoms with E-state index >= 15 is 0 Å². The second-order valence-corrected chi connectivity index (χ2v) is 8.27. The highest BCUT2D eigenvalue weighted by Crippen LogP contribution is 2.36. The van der Waals surface area contributed by atoms with Crippen LogP contribution >= 0.6 is 27.3 Å². The zero-order valence-corrected chi connectivity index (χ0v) is 16.2. The van der Waals surface area contributed by atoms with E-state index in [1.54, 1.807) is 11.3 Å². The molecular formula is C20H19BrN2OS. The molecule has 1 saturated heterocycles. The maximum absolute atomic E-state index is 12.8. The van der Waals surface area contributed by atoms with Gasteiger partial charge in [-0.3, -0.25) is 4.79 Å². The molecule has 0 N–H and O–H groups in total. The molecule has 1 aromatic heterocycles. The van der Waals surface area contributed by atoms with Crippen LogP contribution in [0.2, 0.25) is 0 Å². The van der Waals surface area contributed by atoms with Crippen LogP contribution in [0.25, 0.3) is 10.2 Å². The highest BCUT2D eigenvalue weighted by molar-refractivity contribution is 9.10. The van der Waals surface area contributed by atoms with Crippen molar-refractivity contribution in [2.45, 2.75) is 31.7 Å². The molecule has 2 aromatic carbocycles. The Balaban J connectivity index is 1.49. The molecule has 0 radical (unpaired) electrons. The Labute approximate surface area is 159 Å². The number of carbonyl (C=O) groups is 1. The molecule has 5 heteroatoms. The summed E-state index contributed by atoms with van der Waals surface area (Å²) in [5.41, 5.74) is 2.22. The SMILES string of the molecule is O=C(CCc1ccccc1Br)N1CCCC1c1nc2ccccc2s1. The Hall–Kier alpha value is -1.72. The van der Waals surface area contributed by atoms with Crippen LogP contribution in [0.5, 0.6) is 0 Å². The van der Waals surface area contributed by atoms with Gasteiger partial charge in [-0.1, -0.05) is 46.3 Å². The zero-order chi connectivity index (χ0) is 17.2. The maximum Gasteiger partial charge on any atom is 0.223 e. The molecule has 1 amide bonds. The fourth-order valence-corrected chi connectivity index (χ4v) is 5.04. The van der Waals surface area contributed by atoms with E-state index < -0.39 is 0 Å². The summed E-state index contributed by atoms with van der Waals surface area (Å²) in [5, 5.41) is 1.08. The molecule has 1 aliphatic heterocycles. The molecule has 1 fully saturated rings. The number of thiazole rings is 1. The van der Waals surface area contributed by atoms with Gasteiger partial charge in [0.15, 0.2) is 0 Å². The molecule has 0 spiro atoms. The van der Waals surface area contributed by atoms with E-state index in [0.717, 1.165) is 40.8 Å². The summed E-state index contributed by atoms with van der Waals surface area (Å²) in [6.45, 7) is 0.843. The van der Waals surface area contributed by atoms with Gasteiger partial charge in [-0.2, -0.15) is 0 Å². The minimum atomic E-state index is 0.143. The first kappa shape index (κ1) is 16.7. The van der Waals surface area contributed by atoms with Crippen LogP contribution in [-0.2, 0) is 11.2 Å². The molecule has 3 nitrogen and oxygen atoms in total. The van der Waals surface area contributed by atoms with Crippen molar-refractivity contribution in [3.05, 3.63) is 63.6 Å². The largest absolute Gasteiger partial charge is 0.333 e. The molecule has 0 saturated carbocycles. The number of carbonyl (C=O) groups excluding carboxylic acids is 1. The predicted octanol–water partition coefficient (Wildman–Crippen LogP) is 5.36. The molecular weight excluding hydrogens is 396 g/mol. The minimum Gasteiger partial charge on any atom is -0.333 e. The number of hydrogen-bond donors (Lipinski definition) is 0. The van der Waals surface area contributed by atoms with Gasteiger partial charge in [-0.25, -0.2) is 4.98 Å². The third kappa shape index (κ3) is 3.48. The third-order valence-electron chi connectivity index (χ3n) is 4.73. The van der Waals surface area contributed by atoms with Gasteiger partial charge < -0.3 is 4.90 Å². The second-order valence-electron chi connectivity index (χ2n) is 6.36. The number of para-hydroxylation sites is 1. The van der Waals surface area contributed by atoms with E-state index in [2.05, 4.69) is 28.1 Å². The van der Waals surface area contributed by atoms with Crippen LogP contribution in [-0.4, -0.2) is 22.3 Å². The molecule has 3 aromatic rings. The lowest BCUT2D eigenvalue weighted by Crippen LogP contribution is -2.30. The average Bonchev–Trinajstić information content (AvgIpc) is 3.27. The van der Waals surface area contributed by atoms with Crippen molar-refractivity contribution in [1.82, 2.24) is 9.88 Å². The molecule has 1 aliphatic rings. The number of nitrogens with zero attached hydrogens (tertiary/aromatic N) is 2. The third-order valence-corrected chi connectivity index (χ3v) is 6.65. The van der Waals surface area contributed by atoms with E-state index in [9.17, 15) is 4.79 Å². The quantitative estimate of drug-likeness (QED) is 0.575. The smallest absolute Gasteiger partial charge is 0.223 e. The number of hydrogen-bond acceptors (Lipinski definition) is 3. The van der Waals surface area contributed by atoms with Gasteiger partial charge in [0.05, 0.1) is 16.3 Å². The number of fused-ring (bicyclic) bond motifs is 1. The Bertz CT molecular complexity index is 874. The van der Waals surface area contributed by atoms with Gasteiger partial charge >= 0.3 is 0 Å². The van der Waals surface area contributed by atoms with Gasteiger partial charge in [0.25, 0.3) is 0 Å². The number of likely N-dealkylation sites (tertiary alicyclic amines) is 1. The number of halogens is 1. The van der Waals surface area contributed by atoms with Crippen molar-refractivity contribution in [2.75, 3.05) is 6.54 Å². The first-order valence-corrected chi connectivity index (χ1v) is 10.2. The lowest BCUT2D eigenvalue weighted by Gasteiger charge is -2.23. The van der Waals surface area contributed by atoms with Gasteiger partial charge in [0.1, 0.15) is 5.01 Å². The molecule has 2 heterocycles. The summed E-state index contributed by atoms with van der Waals surface area (Å²) in [6, 6.07) is 16.5.